The van der Waals surface area contributed by atoms with Gasteiger partial charge in [-0.15, -0.1) is 0 Å². The summed E-state index contributed by atoms with van der Waals surface area (Å²) in [7, 11) is 0. The zero-order valence-electron chi connectivity index (χ0n) is 11.4. The maximum Gasteiger partial charge on any atom is 0.250 e. The molecule has 0 heterocycles. The minimum Gasteiger partial charge on any atom is -0.369 e. The molecule has 0 aromatic heterocycles. The molecule has 1 amide bonds. The van der Waals surface area contributed by atoms with Crippen LogP contribution in [0.25, 0.3) is 6.08 Å². The van der Waals surface area contributed by atoms with Crippen LogP contribution in [0, 0.1) is 0 Å². The Bertz CT molecular complexity index is 544. The Morgan fingerprint density at radius 2 is 2.05 bits per heavy atom. The first-order chi connectivity index (χ1) is 9.74. The van der Waals surface area contributed by atoms with E-state index in [1.54, 1.807) is 6.08 Å². The fraction of sp³-hybridized carbons (Fsp3) is 0.250. The minimum atomic E-state index is -0.272. The molecule has 0 radical (unpaired) electrons. The number of rotatable bonds is 3. The van der Waals surface area contributed by atoms with E-state index in [2.05, 4.69) is 16.4 Å². The first-order valence-electron chi connectivity index (χ1n) is 6.81. The van der Waals surface area contributed by atoms with Crippen molar-refractivity contribution in [2.24, 2.45) is 10.7 Å². The van der Waals surface area contributed by atoms with Crippen molar-refractivity contribution in [1.82, 2.24) is 5.32 Å². The zero-order chi connectivity index (χ0) is 14.2. The Labute approximate surface area is 119 Å². The van der Waals surface area contributed by atoms with Gasteiger partial charge in [0.15, 0.2) is 5.96 Å². The van der Waals surface area contributed by atoms with E-state index in [-0.39, 0.29) is 11.9 Å². The Morgan fingerprint density at radius 1 is 1.25 bits per heavy atom. The summed E-state index contributed by atoms with van der Waals surface area (Å²) in [4.78, 5) is 15.9. The molecule has 1 aromatic carbocycles. The molecule has 0 bridgehead atoms. The second-order valence-corrected chi connectivity index (χ2v) is 4.67. The van der Waals surface area contributed by atoms with Gasteiger partial charge in [0, 0.05) is 11.8 Å². The molecule has 1 aliphatic carbocycles. The molecule has 4 nitrogen and oxygen atoms in total. The van der Waals surface area contributed by atoms with Crippen LogP contribution in [0.1, 0.15) is 31.2 Å². The van der Waals surface area contributed by atoms with E-state index in [1.807, 2.05) is 30.3 Å². The molecule has 2 rings (SSSR count). The highest BCUT2D eigenvalue weighted by Gasteiger charge is 2.04. The van der Waals surface area contributed by atoms with Crippen LogP contribution in [0.5, 0.6) is 0 Å². The molecule has 104 valence electrons. The summed E-state index contributed by atoms with van der Waals surface area (Å²) in [5.41, 5.74) is 7.64. The summed E-state index contributed by atoms with van der Waals surface area (Å²) in [6, 6.07) is 9.62. The van der Waals surface area contributed by atoms with Gasteiger partial charge in [0.1, 0.15) is 0 Å². The Balaban J connectivity index is 1.89. The predicted octanol–water partition coefficient (Wildman–Crippen LogP) is 2.59. The number of hydrogen-bond acceptors (Lipinski definition) is 2. The van der Waals surface area contributed by atoms with Gasteiger partial charge in [0.2, 0.25) is 0 Å². The van der Waals surface area contributed by atoms with Gasteiger partial charge in [-0.25, -0.2) is 4.99 Å². The summed E-state index contributed by atoms with van der Waals surface area (Å²) >= 11 is 0. The Morgan fingerprint density at radius 3 is 2.75 bits per heavy atom. The standard InChI is InChI=1S/C16H19N3O/c17-16(18-14-9-5-2-6-10-14)19-15(20)12-11-13-7-3-1-4-8-13/h1,3-4,7-9,11-12H,2,5-6,10H2,(H3,17,18,19,20)/b12-11+. The van der Waals surface area contributed by atoms with Gasteiger partial charge < -0.3 is 5.73 Å². The number of amides is 1. The van der Waals surface area contributed by atoms with Crippen molar-refractivity contribution in [2.75, 3.05) is 0 Å². The molecule has 0 spiro atoms. The van der Waals surface area contributed by atoms with Crippen molar-refractivity contribution in [2.45, 2.75) is 25.7 Å². The van der Waals surface area contributed by atoms with Crippen LogP contribution in [0.4, 0.5) is 0 Å². The van der Waals surface area contributed by atoms with Gasteiger partial charge in [0.05, 0.1) is 0 Å². The molecular weight excluding hydrogens is 250 g/mol. The van der Waals surface area contributed by atoms with Gasteiger partial charge in [-0.3, -0.25) is 10.1 Å². The number of allylic oxidation sites excluding steroid dienone is 2. The minimum absolute atomic E-state index is 0.154. The normalized spacial score (nSPS) is 16.0. The van der Waals surface area contributed by atoms with Gasteiger partial charge in [-0.2, -0.15) is 0 Å². The smallest absolute Gasteiger partial charge is 0.250 e. The summed E-state index contributed by atoms with van der Waals surface area (Å²) < 4.78 is 0. The van der Waals surface area contributed by atoms with E-state index in [9.17, 15) is 4.79 Å². The van der Waals surface area contributed by atoms with E-state index in [1.165, 1.54) is 12.5 Å². The largest absolute Gasteiger partial charge is 0.369 e. The van der Waals surface area contributed by atoms with Crippen LogP contribution in [-0.2, 0) is 4.79 Å². The van der Waals surface area contributed by atoms with Crippen LogP contribution in [0.2, 0.25) is 0 Å². The predicted molar refractivity (Wildman–Crippen MR) is 81.8 cm³/mol. The Hall–Kier alpha value is -2.36. The third-order valence-electron chi connectivity index (χ3n) is 3.01. The van der Waals surface area contributed by atoms with Crippen molar-refractivity contribution < 1.29 is 4.79 Å². The van der Waals surface area contributed by atoms with Gasteiger partial charge in [0.25, 0.3) is 5.91 Å². The van der Waals surface area contributed by atoms with Gasteiger partial charge in [-0.05, 0) is 37.3 Å². The second kappa shape index (κ2) is 7.28. The van der Waals surface area contributed by atoms with E-state index in [0.717, 1.165) is 30.5 Å². The quantitative estimate of drug-likeness (QED) is 0.503. The molecule has 0 saturated carbocycles. The third kappa shape index (κ3) is 4.72. The monoisotopic (exact) mass is 269 g/mol. The number of aliphatic imine (C=N–C) groups is 1. The maximum atomic E-state index is 11.7. The van der Waals surface area contributed by atoms with Gasteiger partial charge >= 0.3 is 0 Å². The number of guanidine groups is 1. The average molecular weight is 269 g/mol. The molecule has 0 saturated heterocycles. The van der Waals surface area contributed by atoms with Crippen LogP contribution >= 0.6 is 0 Å². The molecule has 0 atom stereocenters. The van der Waals surface area contributed by atoms with Crippen LogP contribution in [0.3, 0.4) is 0 Å². The van der Waals surface area contributed by atoms with Crippen molar-refractivity contribution in [3.8, 4) is 0 Å². The van der Waals surface area contributed by atoms with Crippen molar-refractivity contribution in [1.29, 1.82) is 0 Å². The van der Waals surface area contributed by atoms with Gasteiger partial charge in [-0.1, -0.05) is 36.4 Å². The molecule has 3 N–H and O–H groups in total. The Kier molecular flexibility index (Phi) is 5.12. The van der Waals surface area contributed by atoms with E-state index in [0.29, 0.717) is 0 Å². The van der Waals surface area contributed by atoms with Crippen molar-refractivity contribution >= 4 is 17.9 Å². The number of benzene rings is 1. The fourth-order valence-electron chi connectivity index (χ4n) is 2.01. The SMILES string of the molecule is NC(=NC1=CCCCC1)NC(=O)/C=C/c1ccccc1. The lowest BCUT2D eigenvalue weighted by molar-refractivity contribution is -0.115. The lowest BCUT2D eigenvalue weighted by atomic mass is 10.1. The number of nitrogens with one attached hydrogen (secondary N) is 1. The first kappa shape index (κ1) is 14.1. The van der Waals surface area contributed by atoms with Crippen LogP contribution in [0.15, 0.2) is 53.2 Å². The molecule has 1 aliphatic rings. The van der Waals surface area contributed by atoms with E-state index >= 15 is 0 Å². The molecule has 4 heteroatoms. The highest BCUT2D eigenvalue weighted by atomic mass is 16.1. The van der Waals surface area contributed by atoms with Crippen LogP contribution < -0.4 is 11.1 Å². The summed E-state index contributed by atoms with van der Waals surface area (Å²) in [5, 5.41) is 2.56. The first-order valence-corrected chi connectivity index (χ1v) is 6.81. The lowest BCUT2D eigenvalue weighted by Gasteiger charge is -2.09. The van der Waals surface area contributed by atoms with Crippen molar-refractivity contribution in [3.05, 3.63) is 53.7 Å². The second-order valence-electron chi connectivity index (χ2n) is 4.67. The molecule has 0 aliphatic heterocycles. The summed E-state index contributed by atoms with van der Waals surface area (Å²) in [5.74, 6) is -0.118. The summed E-state index contributed by atoms with van der Waals surface area (Å²) in [6.45, 7) is 0. The third-order valence-corrected chi connectivity index (χ3v) is 3.01. The average Bonchev–Trinajstić information content (AvgIpc) is 2.47. The maximum absolute atomic E-state index is 11.7. The molecule has 20 heavy (non-hydrogen) atoms. The number of nitrogens with zero attached hydrogens (tertiary/aromatic N) is 1. The van der Waals surface area contributed by atoms with Crippen molar-refractivity contribution in [3.63, 3.8) is 0 Å². The number of carbonyl (C=O) groups is 1. The highest BCUT2D eigenvalue weighted by molar-refractivity contribution is 6.03. The highest BCUT2D eigenvalue weighted by Crippen LogP contribution is 2.17. The number of nitrogens with two attached hydrogens (primary N) is 1. The van der Waals surface area contributed by atoms with E-state index in [4.69, 9.17) is 5.73 Å². The topological polar surface area (TPSA) is 67.5 Å². The molecular formula is C16H19N3O. The lowest BCUT2D eigenvalue weighted by Crippen LogP contribution is -2.35. The molecule has 1 aromatic rings. The fourth-order valence-corrected chi connectivity index (χ4v) is 2.01. The molecule has 0 fully saturated rings. The zero-order valence-corrected chi connectivity index (χ0v) is 11.4. The molecule has 0 unspecified atom stereocenters. The number of hydrogen-bond donors (Lipinski definition) is 2. The van der Waals surface area contributed by atoms with Crippen LogP contribution in [-0.4, -0.2) is 11.9 Å². The number of carbonyl (C=O) groups excluding carboxylic acids is 1. The summed E-state index contributed by atoms with van der Waals surface area (Å²) in [6.07, 6.45) is 9.55. The van der Waals surface area contributed by atoms with E-state index < -0.39 is 0 Å².